The summed E-state index contributed by atoms with van der Waals surface area (Å²) in [5, 5.41) is 0. The van der Waals surface area contributed by atoms with Crippen molar-refractivity contribution in [1.82, 2.24) is 4.72 Å². The zero-order valence-corrected chi connectivity index (χ0v) is 10.7. The van der Waals surface area contributed by atoms with Gasteiger partial charge in [-0.1, -0.05) is 0 Å². The lowest BCUT2D eigenvalue weighted by Gasteiger charge is -2.13. The molecule has 0 aliphatic carbocycles. The van der Waals surface area contributed by atoms with Crippen LogP contribution in [-0.4, -0.2) is 28.5 Å². The molecule has 1 heterocycles. The maximum Gasteiger partial charge on any atom is 0.322 e. The quantitative estimate of drug-likeness (QED) is 0.802. The van der Waals surface area contributed by atoms with Crippen molar-refractivity contribution in [3.63, 3.8) is 0 Å². The molecule has 0 aromatic heterocycles. The predicted molar refractivity (Wildman–Crippen MR) is 66.0 cm³/mol. The van der Waals surface area contributed by atoms with E-state index in [1.807, 2.05) is 0 Å². The average molecular weight is 271 g/mol. The highest BCUT2D eigenvalue weighted by molar-refractivity contribution is 7.88. The summed E-state index contributed by atoms with van der Waals surface area (Å²) in [7, 11) is -0.683. The molecule has 0 fully saturated rings. The third kappa shape index (κ3) is 2.39. The molecule has 8 heteroatoms. The standard InChI is InChI=1S/C10H13N3O4S/c1-16-7-3-6(4-8(5-7)17-2)9-10(11)13-18(14,15)12-9/h3-5,9,12H,1-2H3,(H2,11,13)/t9-/m0/s1. The first-order valence-electron chi connectivity index (χ1n) is 5.06. The second-order valence-electron chi connectivity index (χ2n) is 3.69. The van der Waals surface area contributed by atoms with Crippen LogP contribution in [0.2, 0.25) is 0 Å². The van der Waals surface area contributed by atoms with Crippen molar-refractivity contribution in [2.45, 2.75) is 6.04 Å². The van der Waals surface area contributed by atoms with Crippen molar-refractivity contribution in [2.24, 2.45) is 10.1 Å². The lowest BCUT2D eigenvalue weighted by Crippen LogP contribution is -2.28. The van der Waals surface area contributed by atoms with Gasteiger partial charge in [0.15, 0.2) is 0 Å². The highest BCUT2D eigenvalue weighted by atomic mass is 32.2. The molecule has 0 unspecified atom stereocenters. The Balaban J connectivity index is 2.43. The van der Waals surface area contributed by atoms with E-state index in [0.29, 0.717) is 17.1 Å². The number of nitrogens with zero attached hydrogens (tertiary/aromatic N) is 1. The number of rotatable bonds is 3. The van der Waals surface area contributed by atoms with Crippen LogP contribution in [0.25, 0.3) is 0 Å². The summed E-state index contributed by atoms with van der Waals surface area (Å²) in [5.41, 5.74) is 6.20. The molecule has 1 aliphatic heterocycles. The largest absolute Gasteiger partial charge is 0.497 e. The van der Waals surface area contributed by atoms with Crippen LogP contribution in [0, 0.1) is 0 Å². The molecule has 18 heavy (non-hydrogen) atoms. The van der Waals surface area contributed by atoms with Crippen LogP contribution in [-0.2, 0) is 10.2 Å². The van der Waals surface area contributed by atoms with Gasteiger partial charge in [0, 0.05) is 6.07 Å². The molecular weight excluding hydrogens is 258 g/mol. The highest BCUT2D eigenvalue weighted by Gasteiger charge is 2.30. The normalized spacial score (nSPS) is 21.4. The number of hydrogen-bond donors (Lipinski definition) is 2. The van der Waals surface area contributed by atoms with Crippen molar-refractivity contribution in [2.75, 3.05) is 14.2 Å². The summed E-state index contributed by atoms with van der Waals surface area (Å²) in [4.78, 5) is 0. The number of benzene rings is 1. The van der Waals surface area contributed by atoms with Crippen LogP contribution in [0.15, 0.2) is 22.6 Å². The van der Waals surface area contributed by atoms with E-state index in [1.54, 1.807) is 18.2 Å². The molecule has 1 aliphatic rings. The first-order chi connectivity index (χ1) is 8.45. The minimum atomic E-state index is -3.70. The summed E-state index contributed by atoms with van der Waals surface area (Å²) in [6, 6.07) is 4.33. The number of nitrogens with one attached hydrogen (secondary N) is 1. The minimum absolute atomic E-state index is 0.00898. The topological polar surface area (TPSA) is 103 Å². The van der Waals surface area contributed by atoms with E-state index in [0.717, 1.165) is 0 Å². The van der Waals surface area contributed by atoms with Gasteiger partial charge in [-0.05, 0) is 17.7 Å². The molecular formula is C10H13N3O4S. The number of ether oxygens (including phenoxy) is 2. The smallest absolute Gasteiger partial charge is 0.322 e. The molecule has 1 atom stereocenters. The van der Waals surface area contributed by atoms with E-state index >= 15 is 0 Å². The zero-order chi connectivity index (χ0) is 13.3. The van der Waals surface area contributed by atoms with Gasteiger partial charge in [-0.15, -0.1) is 4.40 Å². The van der Waals surface area contributed by atoms with Crippen molar-refractivity contribution in [3.8, 4) is 11.5 Å². The average Bonchev–Trinajstić information content (AvgIpc) is 2.62. The van der Waals surface area contributed by atoms with Gasteiger partial charge >= 0.3 is 10.2 Å². The van der Waals surface area contributed by atoms with Crippen molar-refractivity contribution in [1.29, 1.82) is 0 Å². The molecule has 98 valence electrons. The first-order valence-corrected chi connectivity index (χ1v) is 6.50. The molecule has 7 nitrogen and oxygen atoms in total. The van der Waals surface area contributed by atoms with Gasteiger partial charge in [-0.25, -0.2) is 0 Å². The van der Waals surface area contributed by atoms with E-state index in [4.69, 9.17) is 15.2 Å². The van der Waals surface area contributed by atoms with Crippen LogP contribution < -0.4 is 19.9 Å². The van der Waals surface area contributed by atoms with Gasteiger partial charge in [0.25, 0.3) is 0 Å². The highest BCUT2D eigenvalue weighted by Crippen LogP contribution is 2.28. The Labute approximate surface area is 105 Å². The third-order valence-electron chi connectivity index (χ3n) is 2.50. The van der Waals surface area contributed by atoms with E-state index < -0.39 is 16.3 Å². The van der Waals surface area contributed by atoms with Gasteiger partial charge in [0.2, 0.25) is 0 Å². The molecule has 0 saturated carbocycles. The maximum absolute atomic E-state index is 11.3. The molecule has 2 rings (SSSR count). The number of amidine groups is 1. The van der Waals surface area contributed by atoms with Crippen molar-refractivity contribution < 1.29 is 17.9 Å². The van der Waals surface area contributed by atoms with Crippen molar-refractivity contribution >= 4 is 16.0 Å². The van der Waals surface area contributed by atoms with E-state index in [2.05, 4.69) is 9.12 Å². The predicted octanol–water partition coefficient (Wildman–Crippen LogP) is -0.0499. The summed E-state index contributed by atoms with van der Waals surface area (Å²) in [6.45, 7) is 0. The summed E-state index contributed by atoms with van der Waals surface area (Å²) in [6.07, 6.45) is 0. The lowest BCUT2D eigenvalue weighted by atomic mass is 10.1. The number of hydrogen-bond acceptors (Lipinski definition) is 5. The number of methoxy groups -OCH3 is 2. The second kappa shape index (κ2) is 4.46. The molecule has 0 saturated heterocycles. The zero-order valence-electron chi connectivity index (χ0n) is 9.88. The molecule has 0 bridgehead atoms. The summed E-state index contributed by atoms with van der Waals surface area (Å²) in [5.74, 6) is 1.08. The Bertz CT molecular complexity index is 575. The Morgan fingerprint density at radius 1 is 1.22 bits per heavy atom. The SMILES string of the molecule is COc1cc(OC)cc([C@@H]2NS(=O)(=O)N=C2N)c1. The summed E-state index contributed by atoms with van der Waals surface area (Å²) < 4.78 is 38.5. The number of nitrogens with two attached hydrogens (primary N) is 1. The fourth-order valence-electron chi connectivity index (χ4n) is 1.66. The first kappa shape index (κ1) is 12.7. The van der Waals surface area contributed by atoms with Crippen LogP contribution >= 0.6 is 0 Å². The Morgan fingerprint density at radius 2 is 1.78 bits per heavy atom. The Morgan fingerprint density at radius 3 is 2.17 bits per heavy atom. The van der Waals surface area contributed by atoms with Crippen LogP contribution in [0.5, 0.6) is 11.5 Å². The van der Waals surface area contributed by atoms with Gasteiger partial charge < -0.3 is 15.2 Å². The molecule has 0 radical (unpaired) electrons. The molecule has 3 N–H and O–H groups in total. The third-order valence-corrected chi connectivity index (χ3v) is 3.48. The fraction of sp³-hybridized carbons (Fsp3) is 0.300. The van der Waals surface area contributed by atoms with Crippen LogP contribution in [0.3, 0.4) is 0 Å². The van der Waals surface area contributed by atoms with Gasteiger partial charge in [0.05, 0.1) is 14.2 Å². The maximum atomic E-state index is 11.3. The minimum Gasteiger partial charge on any atom is -0.497 e. The fourth-order valence-corrected chi connectivity index (χ4v) is 2.65. The molecule has 1 aromatic carbocycles. The van der Waals surface area contributed by atoms with Gasteiger partial charge in [0.1, 0.15) is 23.4 Å². The Kier molecular flexibility index (Phi) is 3.14. The van der Waals surface area contributed by atoms with Crippen molar-refractivity contribution in [3.05, 3.63) is 23.8 Å². The van der Waals surface area contributed by atoms with Crippen LogP contribution in [0.4, 0.5) is 0 Å². The Hall–Kier alpha value is -1.80. The van der Waals surface area contributed by atoms with E-state index in [9.17, 15) is 8.42 Å². The van der Waals surface area contributed by atoms with E-state index in [-0.39, 0.29) is 5.84 Å². The lowest BCUT2D eigenvalue weighted by molar-refractivity contribution is 0.393. The molecule has 0 amide bonds. The molecule has 0 spiro atoms. The van der Waals surface area contributed by atoms with Gasteiger partial charge in [-0.3, -0.25) is 0 Å². The van der Waals surface area contributed by atoms with E-state index in [1.165, 1.54) is 14.2 Å². The second-order valence-corrected chi connectivity index (χ2v) is 5.06. The van der Waals surface area contributed by atoms with Crippen LogP contribution in [0.1, 0.15) is 11.6 Å². The molecule has 1 aromatic rings. The monoisotopic (exact) mass is 271 g/mol. The summed E-state index contributed by atoms with van der Waals surface area (Å²) >= 11 is 0. The van der Waals surface area contributed by atoms with Gasteiger partial charge in [-0.2, -0.15) is 13.1 Å².